The Bertz CT molecular complexity index is 1540. The van der Waals surface area contributed by atoms with Crippen molar-refractivity contribution in [3.63, 3.8) is 0 Å². The molecule has 0 spiro atoms. The lowest BCUT2D eigenvalue weighted by molar-refractivity contribution is 0.209. The third-order valence-electron chi connectivity index (χ3n) is 7.13. The van der Waals surface area contributed by atoms with Crippen molar-refractivity contribution in [3.05, 3.63) is 61.9 Å². The molecular formula is C25H27Cl3N4O4S. The van der Waals surface area contributed by atoms with Crippen LogP contribution in [-0.2, 0) is 6.54 Å². The average molecular weight is 586 g/mol. The number of methoxy groups -OCH3 is 1. The Kier molecular flexibility index (Phi) is 8.40. The summed E-state index contributed by atoms with van der Waals surface area (Å²) in [4.78, 5) is 35.4. The molecule has 0 aliphatic carbocycles. The number of ether oxygens (including phenoxy) is 2. The minimum absolute atomic E-state index is 0. The molecule has 1 aromatic carbocycles. The van der Waals surface area contributed by atoms with Crippen molar-refractivity contribution in [2.45, 2.75) is 25.3 Å². The van der Waals surface area contributed by atoms with Gasteiger partial charge in [0.1, 0.15) is 21.7 Å². The number of thiophene rings is 1. The first-order valence-corrected chi connectivity index (χ1v) is 13.0. The molecule has 0 saturated carbocycles. The number of H-pyrrole nitrogens is 1. The topological polar surface area (TPSA) is 89.5 Å². The van der Waals surface area contributed by atoms with E-state index in [0.29, 0.717) is 43.8 Å². The van der Waals surface area contributed by atoms with Gasteiger partial charge in [-0.15, -0.1) is 36.2 Å². The predicted octanol–water partition coefficient (Wildman–Crippen LogP) is 4.69. The monoisotopic (exact) mass is 584 g/mol. The van der Waals surface area contributed by atoms with Crippen molar-refractivity contribution in [1.82, 2.24) is 19.4 Å². The molecule has 198 valence electrons. The fourth-order valence-electron chi connectivity index (χ4n) is 5.45. The van der Waals surface area contributed by atoms with Gasteiger partial charge in [0, 0.05) is 43.2 Å². The highest BCUT2D eigenvalue weighted by Gasteiger charge is 2.40. The summed E-state index contributed by atoms with van der Waals surface area (Å²) >= 11 is 7.54. The van der Waals surface area contributed by atoms with E-state index >= 15 is 0 Å². The van der Waals surface area contributed by atoms with Crippen LogP contribution in [0.5, 0.6) is 11.5 Å². The largest absolute Gasteiger partial charge is 0.496 e. The summed E-state index contributed by atoms with van der Waals surface area (Å²) in [5.74, 6) is 2.67. The van der Waals surface area contributed by atoms with Gasteiger partial charge in [0.15, 0.2) is 0 Å². The van der Waals surface area contributed by atoms with Crippen LogP contribution in [0.3, 0.4) is 0 Å². The minimum atomic E-state index is -0.406. The van der Waals surface area contributed by atoms with Gasteiger partial charge in [-0.3, -0.25) is 14.3 Å². The summed E-state index contributed by atoms with van der Waals surface area (Å²) in [5, 5.41) is 0.528. The molecule has 12 heteroatoms. The molecule has 8 nitrogen and oxygen atoms in total. The quantitative estimate of drug-likeness (QED) is 0.330. The third kappa shape index (κ3) is 4.83. The van der Waals surface area contributed by atoms with Crippen LogP contribution in [0.25, 0.3) is 20.4 Å². The number of fused-ring (bicyclic) bond motifs is 6. The van der Waals surface area contributed by atoms with Gasteiger partial charge in [0.25, 0.3) is 5.56 Å². The second kappa shape index (κ2) is 11.2. The molecule has 2 atom stereocenters. The zero-order chi connectivity index (χ0) is 24.1. The number of hydrogen-bond acceptors (Lipinski definition) is 7. The highest BCUT2D eigenvalue weighted by molar-refractivity contribution is 7.26. The molecule has 4 aromatic rings. The number of halogens is 3. The molecule has 0 unspecified atom stereocenters. The van der Waals surface area contributed by atoms with Gasteiger partial charge < -0.3 is 19.4 Å². The maximum atomic E-state index is 13.1. The first-order valence-electron chi connectivity index (χ1n) is 11.8. The number of unbranched alkanes of at least 4 members (excludes halogenated alkanes) is 1. The summed E-state index contributed by atoms with van der Waals surface area (Å²) in [6, 6.07) is 7.67. The number of rotatable bonds is 6. The number of likely N-dealkylation sites (tertiary alicyclic amines) is 1. The number of aromatic nitrogens is 3. The van der Waals surface area contributed by atoms with Gasteiger partial charge in [0.2, 0.25) is 0 Å². The Morgan fingerprint density at radius 1 is 1.16 bits per heavy atom. The van der Waals surface area contributed by atoms with Gasteiger partial charge in [-0.1, -0.05) is 17.7 Å². The SMILES string of the molecule is COc1cccc2c1[C@H]1CN(CCCCn3c(=O)[nH]c4c(sc5c(Cl)ccnc54)c3=O)C[C@@H]1CO2.Cl.Cl. The van der Waals surface area contributed by atoms with Crippen molar-refractivity contribution in [2.24, 2.45) is 5.92 Å². The predicted molar refractivity (Wildman–Crippen MR) is 152 cm³/mol. The fourth-order valence-corrected chi connectivity index (χ4v) is 6.78. The normalized spacial score (nSPS) is 18.5. The fraction of sp³-hybridized carbons (Fsp3) is 0.400. The van der Waals surface area contributed by atoms with E-state index in [1.807, 2.05) is 18.2 Å². The molecule has 0 amide bonds. The van der Waals surface area contributed by atoms with Crippen LogP contribution in [0.15, 0.2) is 40.1 Å². The van der Waals surface area contributed by atoms with Crippen LogP contribution in [0.1, 0.15) is 24.3 Å². The number of nitrogens with one attached hydrogen (secondary N) is 1. The van der Waals surface area contributed by atoms with Crippen molar-refractivity contribution in [2.75, 3.05) is 33.4 Å². The van der Waals surface area contributed by atoms with E-state index < -0.39 is 5.69 Å². The van der Waals surface area contributed by atoms with E-state index in [4.69, 9.17) is 21.1 Å². The van der Waals surface area contributed by atoms with Crippen molar-refractivity contribution >= 4 is 68.2 Å². The maximum Gasteiger partial charge on any atom is 0.328 e. The van der Waals surface area contributed by atoms with E-state index in [1.54, 1.807) is 19.4 Å². The highest BCUT2D eigenvalue weighted by atomic mass is 35.5. The van der Waals surface area contributed by atoms with E-state index in [2.05, 4.69) is 14.9 Å². The lowest BCUT2D eigenvalue weighted by atomic mass is 9.86. The molecule has 0 radical (unpaired) electrons. The van der Waals surface area contributed by atoms with Crippen LogP contribution in [-0.4, -0.2) is 52.8 Å². The lowest BCUT2D eigenvalue weighted by Crippen LogP contribution is -2.34. The van der Waals surface area contributed by atoms with Gasteiger partial charge >= 0.3 is 5.69 Å². The van der Waals surface area contributed by atoms with E-state index in [0.717, 1.165) is 50.6 Å². The highest BCUT2D eigenvalue weighted by Crippen LogP contribution is 2.46. The molecule has 2 aliphatic heterocycles. The maximum absolute atomic E-state index is 13.1. The number of hydrogen-bond donors (Lipinski definition) is 1. The van der Waals surface area contributed by atoms with E-state index in [1.165, 1.54) is 21.5 Å². The van der Waals surface area contributed by atoms with Crippen LogP contribution < -0.4 is 20.7 Å². The summed E-state index contributed by atoms with van der Waals surface area (Å²) in [6.45, 7) is 3.95. The van der Waals surface area contributed by atoms with Crippen molar-refractivity contribution < 1.29 is 9.47 Å². The van der Waals surface area contributed by atoms with Crippen LogP contribution in [0, 0.1) is 5.92 Å². The molecule has 5 heterocycles. The molecule has 1 saturated heterocycles. The van der Waals surface area contributed by atoms with Crippen LogP contribution in [0.2, 0.25) is 5.02 Å². The summed E-state index contributed by atoms with van der Waals surface area (Å²) in [5.41, 5.74) is 1.53. The number of aromatic amines is 1. The number of pyridine rings is 1. The summed E-state index contributed by atoms with van der Waals surface area (Å²) in [7, 11) is 1.71. The van der Waals surface area contributed by atoms with E-state index in [9.17, 15) is 9.59 Å². The van der Waals surface area contributed by atoms with Crippen LogP contribution in [0.4, 0.5) is 0 Å². The molecule has 1 N–H and O–H groups in total. The summed E-state index contributed by atoms with van der Waals surface area (Å²) in [6.07, 6.45) is 3.21. The molecule has 37 heavy (non-hydrogen) atoms. The molecule has 1 fully saturated rings. The second-order valence-electron chi connectivity index (χ2n) is 9.18. The van der Waals surface area contributed by atoms with Crippen molar-refractivity contribution in [3.8, 4) is 11.5 Å². The van der Waals surface area contributed by atoms with E-state index in [-0.39, 0.29) is 30.4 Å². The number of nitrogens with zero attached hydrogens (tertiary/aromatic N) is 3. The molecular weight excluding hydrogens is 559 g/mol. The zero-order valence-corrected chi connectivity index (χ0v) is 23.3. The first kappa shape index (κ1) is 27.7. The lowest BCUT2D eigenvalue weighted by Gasteiger charge is -2.29. The Morgan fingerprint density at radius 2 is 1.97 bits per heavy atom. The third-order valence-corrected chi connectivity index (χ3v) is 8.76. The standard InChI is InChI=1S/C25H25ClN4O4S.2ClH/c1-33-17-5-4-6-18-19(17)15-12-29(11-14(15)13-34-18)9-2-3-10-30-24(31)23-21(28-25(30)32)20-22(35-23)16(26)7-8-27-20;;/h4-8,14-15H,2-3,9-13H2,1H3,(H,28,32);2*1H/t14-,15+;;/m1../s1. The van der Waals surface area contributed by atoms with Gasteiger partial charge in [-0.2, -0.15) is 0 Å². The van der Waals surface area contributed by atoms with Crippen LogP contribution >= 0.6 is 47.8 Å². The van der Waals surface area contributed by atoms with Gasteiger partial charge in [-0.05, 0) is 37.6 Å². The Hall–Kier alpha value is -2.30. The molecule has 6 rings (SSSR count). The first-order chi connectivity index (χ1) is 17.0. The minimum Gasteiger partial charge on any atom is -0.496 e. The second-order valence-corrected chi connectivity index (χ2v) is 10.6. The van der Waals surface area contributed by atoms with Gasteiger partial charge in [0.05, 0.1) is 29.0 Å². The molecule has 2 aliphatic rings. The summed E-state index contributed by atoms with van der Waals surface area (Å²) < 4.78 is 14.1. The average Bonchev–Trinajstić information content (AvgIpc) is 3.45. The smallest absolute Gasteiger partial charge is 0.328 e. The Morgan fingerprint density at radius 3 is 2.78 bits per heavy atom. The Balaban J connectivity index is 0.00000160. The Labute approximate surface area is 234 Å². The zero-order valence-electron chi connectivity index (χ0n) is 20.1. The van der Waals surface area contributed by atoms with Gasteiger partial charge in [-0.25, -0.2) is 4.79 Å². The molecule has 0 bridgehead atoms. The number of benzene rings is 1. The molecule has 3 aromatic heterocycles. The van der Waals surface area contributed by atoms with Crippen molar-refractivity contribution in [1.29, 1.82) is 0 Å².